The number of rotatable bonds is 2. The number of ether oxygens (including phenoxy) is 1. The number of aromatic nitrogens is 1. The van der Waals surface area contributed by atoms with Crippen molar-refractivity contribution < 1.29 is 14.6 Å². The summed E-state index contributed by atoms with van der Waals surface area (Å²) in [4.78, 5) is 14.4. The third-order valence-electron chi connectivity index (χ3n) is 3.06. The Kier molecular flexibility index (Phi) is 2.23. The van der Waals surface area contributed by atoms with Crippen LogP contribution in [-0.4, -0.2) is 23.2 Å². The van der Waals surface area contributed by atoms with Gasteiger partial charge in [-0.3, -0.25) is 0 Å². The predicted octanol–water partition coefficient (Wildman–Crippen LogP) is 3.03. The SMILES string of the molecule is COc1cc2[nH]c3ccccc3c2cc1C(=O)O. The number of hydrogen-bond donors (Lipinski definition) is 2. The first-order valence-corrected chi connectivity index (χ1v) is 5.52. The Bertz CT molecular complexity index is 758. The molecule has 0 atom stereocenters. The normalized spacial score (nSPS) is 10.9. The number of H-pyrrole nitrogens is 1. The van der Waals surface area contributed by atoms with Gasteiger partial charge in [0.15, 0.2) is 0 Å². The number of para-hydroxylation sites is 1. The van der Waals surface area contributed by atoms with E-state index in [-0.39, 0.29) is 5.56 Å². The zero-order chi connectivity index (χ0) is 12.7. The molecule has 1 aromatic heterocycles. The maximum atomic E-state index is 11.2. The van der Waals surface area contributed by atoms with Gasteiger partial charge in [0, 0.05) is 22.4 Å². The standard InChI is InChI=1S/C14H11NO3/c1-18-13-7-12-9(6-10(13)14(16)17)8-4-2-3-5-11(8)15-12/h2-7,15H,1H3,(H,16,17). The molecule has 3 aromatic rings. The van der Waals surface area contributed by atoms with Crippen molar-refractivity contribution in [2.45, 2.75) is 0 Å². The van der Waals surface area contributed by atoms with E-state index in [9.17, 15) is 9.90 Å². The number of aromatic amines is 1. The molecular formula is C14H11NO3. The van der Waals surface area contributed by atoms with Gasteiger partial charge in [0.25, 0.3) is 0 Å². The summed E-state index contributed by atoms with van der Waals surface area (Å²) in [6, 6.07) is 11.2. The van der Waals surface area contributed by atoms with Crippen LogP contribution in [-0.2, 0) is 0 Å². The second-order valence-electron chi connectivity index (χ2n) is 4.07. The first-order chi connectivity index (χ1) is 8.70. The summed E-state index contributed by atoms with van der Waals surface area (Å²) >= 11 is 0. The highest BCUT2D eigenvalue weighted by atomic mass is 16.5. The molecule has 0 radical (unpaired) electrons. The second-order valence-corrected chi connectivity index (χ2v) is 4.07. The van der Waals surface area contributed by atoms with Crippen molar-refractivity contribution in [3.8, 4) is 5.75 Å². The molecule has 0 saturated carbocycles. The Morgan fingerprint density at radius 1 is 1.17 bits per heavy atom. The van der Waals surface area contributed by atoms with Gasteiger partial charge in [-0.1, -0.05) is 18.2 Å². The van der Waals surface area contributed by atoms with E-state index in [0.29, 0.717) is 5.75 Å². The third-order valence-corrected chi connectivity index (χ3v) is 3.06. The molecule has 0 aliphatic carbocycles. The van der Waals surface area contributed by atoms with Crippen molar-refractivity contribution >= 4 is 27.8 Å². The fourth-order valence-corrected chi connectivity index (χ4v) is 2.21. The van der Waals surface area contributed by atoms with Crippen LogP contribution < -0.4 is 4.74 Å². The van der Waals surface area contributed by atoms with Crippen LogP contribution in [0.3, 0.4) is 0 Å². The van der Waals surface area contributed by atoms with Gasteiger partial charge in [-0.25, -0.2) is 4.79 Å². The summed E-state index contributed by atoms with van der Waals surface area (Å²) in [6.07, 6.45) is 0. The first-order valence-electron chi connectivity index (χ1n) is 5.52. The number of nitrogens with one attached hydrogen (secondary N) is 1. The number of fused-ring (bicyclic) bond motifs is 3. The summed E-state index contributed by atoms with van der Waals surface area (Å²) in [6.45, 7) is 0. The van der Waals surface area contributed by atoms with E-state index in [1.165, 1.54) is 7.11 Å². The fourth-order valence-electron chi connectivity index (χ4n) is 2.21. The van der Waals surface area contributed by atoms with Crippen LogP contribution in [0.4, 0.5) is 0 Å². The minimum absolute atomic E-state index is 0.176. The van der Waals surface area contributed by atoms with Gasteiger partial charge < -0.3 is 14.8 Å². The molecule has 0 amide bonds. The van der Waals surface area contributed by atoms with Gasteiger partial charge in [0.1, 0.15) is 11.3 Å². The lowest BCUT2D eigenvalue weighted by atomic mass is 10.1. The number of carboxylic acids is 1. The molecule has 0 saturated heterocycles. The van der Waals surface area contributed by atoms with Crippen LogP contribution >= 0.6 is 0 Å². The lowest BCUT2D eigenvalue weighted by molar-refractivity contribution is 0.0693. The van der Waals surface area contributed by atoms with E-state index < -0.39 is 5.97 Å². The predicted molar refractivity (Wildman–Crippen MR) is 69.3 cm³/mol. The Balaban J connectivity index is 2.44. The van der Waals surface area contributed by atoms with Crippen molar-refractivity contribution in [1.29, 1.82) is 0 Å². The zero-order valence-corrected chi connectivity index (χ0v) is 9.73. The monoisotopic (exact) mass is 241 g/mol. The summed E-state index contributed by atoms with van der Waals surface area (Å²) in [5.41, 5.74) is 2.03. The average Bonchev–Trinajstić information content (AvgIpc) is 2.74. The lowest BCUT2D eigenvalue weighted by Crippen LogP contribution is -2.00. The Labute approximate surface area is 103 Å². The van der Waals surface area contributed by atoms with E-state index >= 15 is 0 Å². The van der Waals surface area contributed by atoms with E-state index in [1.807, 2.05) is 24.3 Å². The van der Waals surface area contributed by atoms with Crippen molar-refractivity contribution in [2.24, 2.45) is 0 Å². The Morgan fingerprint density at radius 3 is 2.67 bits per heavy atom. The minimum atomic E-state index is -0.987. The van der Waals surface area contributed by atoms with Gasteiger partial charge in [-0.05, 0) is 12.1 Å². The van der Waals surface area contributed by atoms with Crippen molar-refractivity contribution in [2.75, 3.05) is 7.11 Å². The highest BCUT2D eigenvalue weighted by Crippen LogP contribution is 2.31. The summed E-state index contributed by atoms with van der Waals surface area (Å²) < 4.78 is 5.11. The number of benzene rings is 2. The van der Waals surface area contributed by atoms with Gasteiger partial charge in [0.05, 0.1) is 12.6 Å². The highest BCUT2D eigenvalue weighted by molar-refractivity contribution is 6.10. The van der Waals surface area contributed by atoms with Crippen molar-refractivity contribution in [3.63, 3.8) is 0 Å². The molecule has 0 unspecified atom stereocenters. The Hall–Kier alpha value is -2.49. The van der Waals surface area contributed by atoms with Crippen LogP contribution in [0.1, 0.15) is 10.4 Å². The maximum Gasteiger partial charge on any atom is 0.339 e. The van der Waals surface area contributed by atoms with Crippen LogP contribution in [0.25, 0.3) is 21.8 Å². The molecule has 4 nitrogen and oxygen atoms in total. The first kappa shape index (κ1) is 10.7. The number of hydrogen-bond acceptors (Lipinski definition) is 2. The zero-order valence-electron chi connectivity index (χ0n) is 9.73. The Morgan fingerprint density at radius 2 is 1.94 bits per heavy atom. The van der Waals surface area contributed by atoms with Gasteiger partial charge >= 0.3 is 5.97 Å². The van der Waals surface area contributed by atoms with Crippen molar-refractivity contribution in [1.82, 2.24) is 4.98 Å². The van der Waals surface area contributed by atoms with Crippen molar-refractivity contribution in [3.05, 3.63) is 42.0 Å². The summed E-state index contributed by atoms with van der Waals surface area (Å²) in [5.74, 6) is -0.624. The topological polar surface area (TPSA) is 62.3 Å². The molecule has 2 N–H and O–H groups in total. The molecule has 0 aliphatic rings. The number of aromatic carboxylic acids is 1. The van der Waals surface area contributed by atoms with E-state index in [0.717, 1.165) is 21.8 Å². The van der Waals surface area contributed by atoms with Crippen LogP contribution in [0.5, 0.6) is 5.75 Å². The van der Waals surface area contributed by atoms with E-state index in [1.54, 1.807) is 12.1 Å². The van der Waals surface area contributed by atoms with Gasteiger partial charge in [-0.2, -0.15) is 0 Å². The largest absolute Gasteiger partial charge is 0.496 e. The van der Waals surface area contributed by atoms with Crippen LogP contribution in [0.2, 0.25) is 0 Å². The maximum absolute atomic E-state index is 11.2. The number of carbonyl (C=O) groups is 1. The second kappa shape index (κ2) is 3.77. The van der Waals surface area contributed by atoms with Crippen LogP contribution in [0.15, 0.2) is 36.4 Å². The molecule has 1 heterocycles. The molecule has 0 aliphatic heterocycles. The number of methoxy groups -OCH3 is 1. The molecule has 0 bridgehead atoms. The quantitative estimate of drug-likeness (QED) is 0.724. The van der Waals surface area contributed by atoms with Crippen LogP contribution in [0, 0.1) is 0 Å². The highest BCUT2D eigenvalue weighted by Gasteiger charge is 2.14. The smallest absolute Gasteiger partial charge is 0.339 e. The molecule has 18 heavy (non-hydrogen) atoms. The molecule has 0 spiro atoms. The fraction of sp³-hybridized carbons (Fsp3) is 0.0714. The minimum Gasteiger partial charge on any atom is -0.496 e. The third kappa shape index (κ3) is 1.43. The number of carboxylic acid groups (broad SMARTS) is 1. The molecule has 90 valence electrons. The van der Waals surface area contributed by atoms with Gasteiger partial charge in [-0.15, -0.1) is 0 Å². The van der Waals surface area contributed by atoms with E-state index in [2.05, 4.69) is 4.98 Å². The van der Waals surface area contributed by atoms with E-state index in [4.69, 9.17) is 4.74 Å². The lowest BCUT2D eigenvalue weighted by Gasteiger charge is -2.04. The molecule has 2 aromatic carbocycles. The summed E-state index contributed by atoms with van der Waals surface area (Å²) in [7, 11) is 1.47. The average molecular weight is 241 g/mol. The molecular weight excluding hydrogens is 230 g/mol. The molecule has 4 heteroatoms. The van der Waals surface area contributed by atoms with Gasteiger partial charge in [0.2, 0.25) is 0 Å². The summed E-state index contributed by atoms with van der Waals surface area (Å²) in [5, 5.41) is 11.1. The molecule has 3 rings (SSSR count). The molecule has 0 fully saturated rings.